The van der Waals surface area contributed by atoms with Gasteiger partial charge in [-0.05, 0) is 42.8 Å². The number of rotatable bonds is 3. The van der Waals surface area contributed by atoms with E-state index in [1.807, 2.05) is 6.07 Å². The first-order chi connectivity index (χ1) is 10.2. The van der Waals surface area contributed by atoms with E-state index in [1.54, 1.807) is 0 Å². The SMILES string of the molecule is CN1CCN(c2ccc(CCN)cc2Cl)c2ccccc21. The molecule has 0 unspecified atom stereocenters. The summed E-state index contributed by atoms with van der Waals surface area (Å²) in [5.41, 5.74) is 10.3. The first-order valence-electron chi connectivity index (χ1n) is 7.27. The highest BCUT2D eigenvalue weighted by molar-refractivity contribution is 6.33. The molecule has 0 aromatic heterocycles. The van der Waals surface area contributed by atoms with Crippen LogP contribution >= 0.6 is 11.6 Å². The van der Waals surface area contributed by atoms with Crippen molar-refractivity contribution in [3.8, 4) is 0 Å². The third kappa shape index (κ3) is 2.71. The first-order valence-corrected chi connectivity index (χ1v) is 7.64. The van der Waals surface area contributed by atoms with Crippen molar-refractivity contribution in [2.75, 3.05) is 36.5 Å². The van der Waals surface area contributed by atoms with Crippen LogP contribution < -0.4 is 15.5 Å². The van der Waals surface area contributed by atoms with Gasteiger partial charge in [0.05, 0.1) is 22.1 Å². The zero-order valence-corrected chi connectivity index (χ0v) is 13.0. The van der Waals surface area contributed by atoms with E-state index < -0.39 is 0 Å². The molecule has 0 bridgehead atoms. The second-order valence-corrected chi connectivity index (χ2v) is 5.79. The predicted molar refractivity (Wildman–Crippen MR) is 90.9 cm³/mol. The molecule has 0 amide bonds. The third-order valence-corrected chi connectivity index (χ3v) is 4.28. The normalized spacial score (nSPS) is 14.2. The van der Waals surface area contributed by atoms with Crippen molar-refractivity contribution >= 4 is 28.7 Å². The number of nitrogens with two attached hydrogens (primary N) is 1. The van der Waals surface area contributed by atoms with Gasteiger partial charge in [0.25, 0.3) is 0 Å². The zero-order valence-electron chi connectivity index (χ0n) is 12.2. The van der Waals surface area contributed by atoms with E-state index in [0.717, 1.165) is 30.2 Å². The van der Waals surface area contributed by atoms with E-state index in [-0.39, 0.29) is 0 Å². The molecule has 0 saturated heterocycles. The average molecular weight is 302 g/mol. The molecule has 3 nitrogen and oxygen atoms in total. The smallest absolute Gasteiger partial charge is 0.0649 e. The Kier molecular flexibility index (Phi) is 4.04. The largest absolute Gasteiger partial charge is 0.371 e. The van der Waals surface area contributed by atoms with E-state index >= 15 is 0 Å². The van der Waals surface area contributed by atoms with Crippen LogP contribution in [0.1, 0.15) is 5.56 Å². The Labute approximate surface area is 130 Å². The van der Waals surface area contributed by atoms with E-state index in [4.69, 9.17) is 17.3 Å². The summed E-state index contributed by atoms with van der Waals surface area (Å²) in [5, 5.41) is 0.792. The van der Waals surface area contributed by atoms with Gasteiger partial charge in [0.15, 0.2) is 0 Å². The van der Waals surface area contributed by atoms with Gasteiger partial charge in [0, 0.05) is 20.1 Å². The molecule has 0 fully saturated rings. The van der Waals surface area contributed by atoms with Crippen molar-refractivity contribution in [1.29, 1.82) is 0 Å². The third-order valence-electron chi connectivity index (χ3n) is 3.98. The molecule has 3 rings (SSSR count). The molecule has 1 aliphatic heterocycles. The molecule has 4 heteroatoms. The monoisotopic (exact) mass is 301 g/mol. The molecule has 0 radical (unpaired) electrons. The number of anilines is 3. The summed E-state index contributed by atoms with van der Waals surface area (Å²) in [6.45, 7) is 2.56. The Hall–Kier alpha value is -1.71. The zero-order chi connectivity index (χ0) is 14.8. The van der Waals surface area contributed by atoms with Crippen molar-refractivity contribution in [2.45, 2.75) is 6.42 Å². The standard InChI is InChI=1S/C17H20ClN3/c1-20-10-11-21(17-5-3-2-4-16(17)20)15-7-6-13(8-9-19)12-14(15)18/h2-7,12H,8-11,19H2,1H3. The van der Waals surface area contributed by atoms with Crippen molar-refractivity contribution in [1.82, 2.24) is 0 Å². The lowest BCUT2D eigenvalue weighted by atomic mass is 10.1. The number of hydrogen-bond donors (Lipinski definition) is 1. The van der Waals surface area contributed by atoms with Crippen LogP contribution in [0.25, 0.3) is 0 Å². The number of nitrogens with zero attached hydrogens (tertiary/aromatic N) is 2. The van der Waals surface area contributed by atoms with Crippen LogP contribution in [0.3, 0.4) is 0 Å². The minimum atomic E-state index is 0.646. The highest BCUT2D eigenvalue weighted by Crippen LogP contribution is 2.39. The summed E-state index contributed by atoms with van der Waals surface area (Å²) in [6, 6.07) is 14.7. The summed E-state index contributed by atoms with van der Waals surface area (Å²) in [4.78, 5) is 4.58. The lowest BCUT2D eigenvalue weighted by Gasteiger charge is -2.37. The highest BCUT2D eigenvalue weighted by atomic mass is 35.5. The molecular formula is C17H20ClN3. The highest BCUT2D eigenvalue weighted by Gasteiger charge is 2.22. The second kappa shape index (κ2) is 5.96. The number of likely N-dealkylation sites (N-methyl/N-ethyl adjacent to an activating group) is 1. The molecule has 0 atom stereocenters. The number of para-hydroxylation sites is 2. The maximum atomic E-state index is 6.51. The number of benzene rings is 2. The maximum absolute atomic E-state index is 6.51. The first kappa shape index (κ1) is 14.2. The number of hydrogen-bond acceptors (Lipinski definition) is 3. The van der Waals surface area contributed by atoms with Crippen LogP contribution in [-0.2, 0) is 6.42 Å². The van der Waals surface area contributed by atoms with E-state index in [1.165, 1.54) is 16.9 Å². The quantitative estimate of drug-likeness (QED) is 0.943. The van der Waals surface area contributed by atoms with Gasteiger partial charge < -0.3 is 15.5 Å². The van der Waals surface area contributed by atoms with Crippen molar-refractivity contribution in [2.24, 2.45) is 5.73 Å². The topological polar surface area (TPSA) is 32.5 Å². The minimum absolute atomic E-state index is 0.646. The molecule has 110 valence electrons. The Morgan fingerprint density at radius 3 is 2.52 bits per heavy atom. The van der Waals surface area contributed by atoms with Gasteiger partial charge in [-0.15, -0.1) is 0 Å². The molecule has 0 spiro atoms. The predicted octanol–water partition coefficient (Wildman–Crippen LogP) is 3.43. The average Bonchev–Trinajstić information content (AvgIpc) is 2.49. The van der Waals surface area contributed by atoms with Crippen LogP contribution in [0.2, 0.25) is 5.02 Å². The van der Waals surface area contributed by atoms with Crippen molar-refractivity contribution < 1.29 is 0 Å². The molecule has 1 heterocycles. The fourth-order valence-electron chi connectivity index (χ4n) is 2.85. The molecule has 0 saturated carbocycles. The molecule has 21 heavy (non-hydrogen) atoms. The van der Waals surface area contributed by atoms with E-state index in [0.29, 0.717) is 6.54 Å². The van der Waals surface area contributed by atoms with Gasteiger partial charge >= 0.3 is 0 Å². The Bertz CT molecular complexity index is 642. The summed E-state index contributed by atoms with van der Waals surface area (Å²) >= 11 is 6.51. The number of halogens is 1. The Balaban J connectivity index is 2.00. The lowest BCUT2D eigenvalue weighted by Crippen LogP contribution is -2.36. The van der Waals surface area contributed by atoms with Crippen LogP contribution in [-0.4, -0.2) is 26.7 Å². The van der Waals surface area contributed by atoms with Crippen LogP contribution in [0.5, 0.6) is 0 Å². The van der Waals surface area contributed by atoms with Crippen molar-refractivity contribution in [3.05, 3.63) is 53.1 Å². The minimum Gasteiger partial charge on any atom is -0.371 e. The number of fused-ring (bicyclic) bond motifs is 1. The molecule has 0 aliphatic carbocycles. The molecule has 2 aromatic carbocycles. The molecule has 1 aliphatic rings. The van der Waals surface area contributed by atoms with Crippen molar-refractivity contribution in [3.63, 3.8) is 0 Å². The Morgan fingerprint density at radius 1 is 1.05 bits per heavy atom. The molecule has 2 aromatic rings. The Morgan fingerprint density at radius 2 is 1.81 bits per heavy atom. The maximum Gasteiger partial charge on any atom is 0.0649 e. The fraction of sp³-hybridized carbons (Fsp3) is 0.294. The van der Waals surface area contributed by atoms with Gasteiger partial charge in [0.1, 0.15) is 0 Å². The summed E-state index contributed by atoms with van der Waals surface area (Å²) < 4.78 is 0. The van der Waals surface area contributed by atoms with Gasteiger partial charge in [0.2, 0.25) is 0 Å². The van der Waals surface area contributed by atoms with Crippen LogP contribution in [0, 0.1) is 0 Å². The summed E-state index contributed by atoms with van der Waals surface area (Å²) in [5.74, 6) is 0. The van der Waals surface area contributed by atoms with Crippen LogP contribution in [0.15, 0.2) is 42.5 Å². The summed E-state index contributed by atoms with van der Waals surface area (Å²) in [7, 11) is 2.13. The molecular weight excluding hydrogens is 282 g/mol. The van der Waals surface area contributed by atoms with Crippen LogP contribution in [0.4, 0.5) is 17.1 Å². The van der Waals surface area contributed by atoms with Gasteiger partial charge in [-0.3, -0.25) is 0 Å². The molecule has 2 N–H and O–H groups in total. The second-order valence-electron chi connectivity index (χ2n) is 5.39. The summed E-state index contributed by atoms with van der Waals surface area (Å²) in [6.07, 6.45) is 0.860. The van der Waals surface area contributed by atoms with Gasteiger partial charge in [-0.25, -0.2) is 0 Å². The fourth-order valence-corrected chi connectivity index (χ4v) is 3.15. The van der Waals surface area contributed by atoms with Gasteiger partial charge in [-0.2, -0.15) is 0 Å². The van der Waals surface area contributed by atoms with E-state index in [2.05, 4.69) is 53.2 Å². The lowest BCUT2D eigenvalue weighted by molar-refractivity contribution is 0.822. The van der Waals surface area contributed by atoms with E-state index in [9.17, 15) is 0 Å². The van der Waals surface area contributed by atoms with Gasteiger partial charge in [-0.1, -0.05) is 29.8 Å².